The molecule has 0 radical (unpaired) electrons. The minimum Gasteiger partial charge on any atom is -0.457 e. The maximum absolute atomic E-state index is 7.14. The number of hydrogen-bond acceptors (Lipinski definition) is 5. The second kappa shape index (κ2) is 27.7. The average Bonchev–Trinajstić information content (AvgIpc) is 3.31. The van der Waals surface area contributed by atoms with Crippen LogP contribution in [0.15, 0.2) is 61.2 Å². The van der Waals surface area contributed by atoms with Crippen LogP contribution in [0, 0.1) is 11.8 Å². The lowest BCUT2D eigenvalue weighted by Crippen LogP contribution is -2.18. The van der Waals surface area contributed by atoms with Crippen LogP contribution in [0.4, 0.5) is 0 Å². The van der Waals surface area contributed by atoms with Gasteiger partial charge in [0, 0.05) is 36.6 Å². The zero-order valence-electron chi connectivity index (χ0n) is 40.5. The summed E-state index contributed by atoms with van der Waals surface area (Å²) in [5.74, 6) is 6.53. The Labute approximate surface area is 384 Å². The van der Waals surface area contributed by atoms with E-state index in [0.29, 0.717) is 23.7 Å². The van der Waals surface area contributed by atoms with E-state index in [0.717, 1.165) is 61.7 Å². The molecule has 2 aliphatic carbocycles. The van der Waals surface area contributed by atoms with Crippen molar-refractivity contribution in [3.63, 3.8) is 0 Å². The molecule has 0 spiro atoms. The van der Waals surface area contributed by atoms with Crippen LogP contribution in [-0.2, 0) is 38.5 Å². The highest BCUT2D eigenvalue weighted by atomic mass is 16.5. The van der Waals surface area contributed by atoms with Crippen molar-refractivity contribution in [2.45, 2.75) is 232 Å². The Bertz CT molecular complexity index is 1700. The minimum atomic E-state index is 0.479. The summed E-state index contributed by atoms with van der Waals surface area (Å²) in [7, 11) is 0. The summed E-state index contributed by atoms with van der Waals surface area (Å²) < 4.78 is 7.14. The Hall–Kier alpha value is -3.60. The van der Waals surface area contributed by atoms with E-state index in [9.17, 15) is 0 Å². The Balaban J connectivity index is 1.09. The van der Waals surface area contributed by atoms with E-state index in [1.54, 1.807) is 0 Å². The van der Waals surface area contributed by atoms with Crippen molar-refractivity contribution in [2.24, 2.45) is 11.8 Å². The molecule has 344 valence electrons. The predicted octanol–water partition coefficient (Wildman–Crippen LogP) is 16.6. The molecule has 0 aliphatic heterocycles. The number of nitrogens with zero attached hydrogens (tertiary/aromatic N) is 4. The van der Waals surface area contributed by atoms with Crippen molar-refractivity contribution >= 4 is 0 Å². The topological polar surface area (TPSA) is 60.8 Å². The standard InChI is InChI=1S/C58H86N4O/c1-5-9-13-15-19-23-49-41-59-57(60-42-49)51-31-25-47(26-32-51)39-53-37-45(21-17-11-7-3)29-35-55(53)63-56-36-30-46(22-18-12-8-4)38-54(56)40-48-27-33-52(34-28-48)58-61-43-50(44-62-58)24-20-16-14-10-6-2/h29-30,35-38,41-44,47-48,51-52H,5-28,31-34,39-40H2,1-4H3. The molecule has 2 aromatic carbocycles. The Morgan fingerprint density at radius 3 is 1.11 bits per heavy atom. The largest absolute Gasteiger partial charge is 0.457 e. The fraction of sp³-hybridized carbons (Fsp3) is 0.655. The van der Waals surface area contributed by atoms with E-state index in [4.69, 9.17) is 24.7 Å². The molecule has 5 nitrogen and oxygen atoms in total. The number of unbranched alkanes of at least 4 members (excludes halogenated alkanes) is 12. The number of ether oxygens (including phenoxy) is 1. The first kappa shape index (κ1) is 48.8. The predicted molar refractivity (Wildman–Crippen MR) is 265 cm³/mol. The highest BCUT2D eigenvalue weighted by molar-refractivity contribution is 5.45. The quantitative estimate of drug-likeness (QED) is 0.0533. The van der Waals surface area contributed by atoms with Crippen LogP contribution < -0.4 is 4.74 Å². The van der Waals surface area contributed by atoms with Crippen LogP contribution in [0.5, 0.6) is 11.5 Å². The van der Waals surface area contributed by atoms with Crippen LogP contribution in [0.25, 0.3) is 0 Å². The number of benzene rings is 2. The summed E-state index contributed by atoms with van der Waals surface area (Å²) in [6.07, 6.45) is 45.4. The molecule has 2 aliphatic rings. The maximum Gasteiger partial charge on any atom is 0.131 e. The summed E-state index contributed by atoms with van der Waals surface area (Å²) in [6.45, 7) is 9.16. The van der Waals surface area contributed by atoms with E-state index in [1.165, 1.54) is 187 Å². The number of aryl methyl sites for hydroxylation is 4. The zero-order valence-corrected chi connectivity index (χ0v) is 40.5. The first-order valence-corrected chi connectivity index (χ1v) is 26.6. The molecule has 63 heavy (non-hydrogen) atoms. The second-order valence-electron chi connectivity index (χ2n) is 20.0. The molecule has 0 bridgehead atoms. The van der Waals surface area contributed by atoms with Crippen LogP contribution >= 0.6 is 0 Å². The number of rotatable bonds is 28. The maximum atomic E-state index is 7.14. The lowest BCUT2D eigenvalue weighted by Gasteiger charge is -2.29. The van der Waals surface area contributed by atoms with E-state index in [1.807, 2.05) is 0 Å². The fourth-order valence-corrected chi connectivity index (χ4v) is 10.5. The van der Waals surface area contributed by atoms with Gasteiger partial charge in [0.25, 0.3) is 0 Å². The third-order valence-corrected chi connectivity index (χ3v) is 14.6. The summed E-state index contributed by atoms with van der Waals surface area (Å²) in [5.41, 5.74) is 8.31. The second-order valence-corrected chi connectivity index (χ2v) is 20.0. The third-order valence-electron chi connectivity index (χ3n) is 14.6. The lowest BCUT2D eigenvalue weighted by atomic mass is 9.78. The van der Waals surface area contributed by atoms with Gasteiger partial charge in [-0.25, -0.2) is 19.9 Å². The van der Waals surface area contributed by atoms with Gasteiger partial charge in [-0.2, -0.15) is 0 Å². The van der Waals surface area contributed by atoms with Crippen molar-refractivity contribution < 1.29 is 4.74 Å². The molecule has 0 amide bonds. The molecular formula is C58H86N4O. The van der Waals surface area contributed by atoms with Crippen molar-refractivity contribution in [1.29, 1.82) is 0 Å². The molecule has 2 saturated carbocycles. The molecule has 0 unspecified atom stereocenters. The molecule has 6 rings (SSSR count). The molecule has 0 saturated heterocycles. The SMILES string of the molecule is CCCCCCCc1cnc(C2CCC(Cc3cc(CCCCC)ccc3Oc3ccc(CCCCC)cc3CC3CCC(c4ncc(CCCCCCC)cn4)CC3)CC2)nc1. The normalized spacial score (nSPS) is 19.0. The van der Waals surface area contributed by atoms with Gasteiger partial charge < -0.3 is 4.74 Å². The number of aromatic nitrogens is 4. The van der Waals surface area contributed by atoms with E-state index in [2.05, 4.69) is 88.9 Å². The highest BCUT2D eigenvalue weighted by Gasteiger charge is 2.27. The van der Waals surface area contributed by atoms with Gasteiger partial charge in [0.15, 0.2) is 0 Å². The van der Waals surface area contributed by atoms with Gasteiger partial charge in [0.2, 0.25) is 0 Å². The monoisotopic (exact) mass is 855 g/mol. The van der Waals surface area contributed by atoms with Gasteiger partial charge in [-0.05, 0) is 173 Å². The summed E-state index contributed by atoms with van der Waals surface area (Å²) in [4.78, 5) is 19.6. The van der Waals surface area contributed by atoms with Gasteiger partial charge in [-0.15, -0.1) is 0 Å². The fourth-order valence-electron chi connectivity index (χ4n) is 10.5. The minimum absolute atomic E-state index is 0.479. The molecule has 2 aromatic heterocycles. The van der Waals surface area contributed by atoms with E-state index in [-0.39, 0.29) is 0 Å². The molecule has 0 N–H and O–H groups in total. The van der Waals surface area contributed by atoms with Gasteiger partial charge >= 0.3 is 0 Å². The molecule has 5 heteroatoms. The highest BCUT2D eigenvalue weighted by Crippen LogP contribution is 2.41. The molecule has 0 atom stereocenters. The van der Waals surface area contributed by atoms with Crippen molar-refractivity contribution in [2.75, 3.05) is 0 Å². The summed E-state index contributed by atoms with van der Waals surface area (Å²) in [6, 6.07) is 14.3. The third kappa shape index (κ3) is 16.4. The molecule has 2 heterocycles. The van der Waals surface area contributed by atoms with Crippen LogP contribution in [0.3, 0.4) is 0 Å². The van der Waals surface area contributed by atoms with Gasteiger partial charge in [0.05, 0.1) is 0 Å². The van der Waals surface area contributed by atoms with Crippen LogP contribution in [0.1, 0.15) is 239 Å². The molecule has 2 fully saturated rings. The van der Waals surface area contributed by atoms with Gasteiger partial charge in [-0.3, -0.25) is 0 Å². The van der Waals surface area contributed by atoms with Crippen molar-refractivity contribution in [3.8, 4) is 11.5 Å². The van der Waals surface area contributed by atoms with Crippen molar-refractivity contribution in [1.82, 2.24) is 19.9 Å². The Kier molecular flexibility index (Phi) is 21.4. The van der Waals surface area contributed by atoms with Crippen molar-refractivity contribution in [3.05, 3.63) is 106 Å². The first-order valence-electron chi connectivity index (χ1n) is 26.6. The van der Waals surface area contributed by atoms with Crippen LogP contribution in [0.2, 0.25) is 0 Å². The van der Waals surface area contributed by atoms with Gasteiger partial charge in [-0.1, -0.05) is 129 Å². The van der Waals surface area contributed by atoms with E-state index >= 15 is 0 Å². The Morgan fingerprint density at radius 1 is 0.397 bits per heavy atom. The molecular weight excluding hydrogens is 769 g/mol. The lowest BCUT2D eigenvalue weighted by molar-refractivity contribution is 0.312. The first-order chi connectivity index (χ1) is 31.0. The Morgan fingerprint density at radius 2 is 0.730 bits per heavy atom. The summed E-state index contributed by atoms with van der Waals surface area (Å²) in [5, 5.41) is 0. The van der Waals surface area contributed by atoms with Gasteiger partial charge in [0.1, 0.15) is 23.1 Å². The smallest absolute Gasteiger partial charge is 0.131 e. The summed E-state index contributed by atoms with van der Waals surface area (Å²) >= 11 is 0. The molecule has 4 aromatic rings. The zero-order chi connectivity index (χ0) is 43.9. The van der Waals surface area contributed by atoms with Crippen LogP contribution in [-0.4, -0.2) is 19.9 Å². The van der Waals surface area contributed by atoms with E-state index < -0.39 is 0 Å². The average molecular weight is 855 g/mol. The number of hydrogen-bond donors (Lipinski definition) is 0.